The summed E-state index contributed by atoms with van der Waals surface area (Å²) in [5.74, 6) is 0.0769. The average molecular weight is 376 g/mol. The number of carbonyl (C=O) groups excluding carboxylic acids is 1. The summed E-state index contributed by atoms with van der Waals surface area (Å²) < 4.78 is 0. The van der Waals surface area contributed by atoms with Crippen LogP contribution < -0.4 is 4.90 Å². The lowest BCUT2D eigenvalue weighted by Crippen LogP contribution is -2.39. The molecule has 2 aliphatic rings. The van der Waals surface area contributed by atoms with Crippen molar-refractivity contribution in [1.29, 1.82) is 0 Å². The summed E-state index contributed by atoms with van der Waals surface area (Å²) in [5.41, 5.74) is 3.95. The molecular formula is C21H20N4OS. The minimum atomic E-state index is -0.0789. The van der Waals surface area contributed by atoms with Crippen LogP contribution in [-0.4, -0.2) is 40.4 Å². The first kappa shape index (κ1) is 16.6. The first-order valence-electron chi connectivity index (χ1n) is 9.16. The van der Waals surface area contributed by atoms with E-state index in [2.05, 4.69) is 16.0 Å². The molecule has 0 N–H and O–H groups in total. The van der Waals surface area contributed by atoms with E-state index in [0.717, 1.165) is 43.0 Å². The van der Waals surface area contributed by atoms with Gasteiger partial charge in [-0.05, 0) is 48.2 Å². The van der Waals surface area contributed by atoms with Crippen molar-refractivity contribution in [2.45, 2.75) is 18.4 Å². The maximum Gasteiger partial charge on any atom is 0.259 e. The Kier molecular flexibility index (Phi) is 4.02. The number of pyridine rings is 2. The van der Waals surface area contributed by atoms with Crippen molar-refractivity contribution in [3.05, 3.63) is 76.5 Å². The summed E-state index contributed by atoms with van der Waals surface area (Å²) in [4.78, 5) is 26.4. The number of likely N-dealkylation sites (tertiary alicyclic amines) is 1. The molecule has 136 valence electrons. The molecule has 3 aromatic heterocycles. The Hall–Kier alpha value is -2.57. The highest BCUT2D eigenvalue weighted by Gasteiger charge is 2.49. The van der Waals surface area contributed by atoms with Crippen molar-refractivity contribution in [1.82, 2.24) is 14.9 Å². The Labute approximate surface area is 162 Å². The molecule has 1 saturated heterocycles. The Bertz CT molecular complexity index is 959. The number of nitrogens with zero attached hydrogens (tertiary/aromatic N) is 4. The van der Waals surface area contributed by atoms with Gasteiger partial charge >= 0.3 is 0 Å². The molecule has 5 heterocycles. The zero-order valence-electron chi connectivity index (χ0n) is 14.9. The van der Waals surface area contributed by atoms with E-state index < -0.39 is 0 Å². The first-order valence-corrected chi connectivity index (χ1v) is 10.1. The zero-order chi connectivity index (χ0) is 18.3. The summed E-state index contributed by atoms with van der Waals surface area (Å²) in [6, 6.07) is 9.96. The smallest absolute Gasteiger partial charge is 0.259 e. The van der Waals surface area contributed by atoms with Crippen LogP contribution in [0.5, 0.6) is 0 Å². The highest BCUT2D eigenvalue weighted by molar-refractivity contribution is 7.08. The van der Waals surface area contributed by atoms with Gasteiger partial charge in [0.15, 0.2) is 0 Å². The van der Waals surface area contributed by atoms with Crippen LogP contribution >= 0.6 is 11.3 Å². The monoisotopic (exact) mass is 376 g/mol. The fourth-order valence-electron chi connectivity index (χ4n) is 4.37. The van der Waals surface area contributed by atoms with Gasteiger partial charge in [-0.1, -0.05) is 6.07 Å². The van der Waals surface area contributed by atoms with Crippen LogP contribution in [0.2, 0.25) is 0 Å². The third-order valence-electron chi connectivity index (χ3n) is 5.62. The molecule has 5 nitrogen and oxygen atoms in total. The predicted octanol–water partition coefficient (Wildman–Crippen LogP) is 3.34. The second kappa shape index (κ2) is 6.55. The van der Waals surface area contributed by atoms with E-state index in [0.29, 0.717) is 6.54 Å². The number of anilines is 1. The van der Waals surface area contributed by atoms with Crippen LogP contribution in [0, 0.1) is 0 Å². The van der Waals surface area contributed by atoms with Gasteiger partial charge in [0.1, 0.15) is 0 Å². The van der Waals surface area contributed by atoms with Gasteiger partial charge in [0.25, 0.3) is 5.91 Å². The van der Waals surface area contributed by atoms with Gasteiger partial charge < -0.3 is 4.90 Å². The van der Waals surface area contributed by atoms with Crippen LogP contribution in [0.15, 0.2) is 59.7 Å². The highest BCUT2D eigenvalue weighted by atomic mass is 32.1. The van der Waals surface area contributed by atoms with E-state index in [1.807, 2.05) is 52.3 Å². The number of rotatable bonds is 3. The molecule has 2 aliphatic heterocycles. The topological polar surface area (TPSA) is 49.3 Å². The summed E-state index contributed by atoms with van der Waals surface area (Å²) in [6.07, 6.45) is 6.60. The molecule has 5 rings (SSSR count). The number of aromatic nitrogens is 2. The summed E-state index contributed by atoms with van der Waals surface area (Å²) in [5, 5.41) is 3.88. The Morgan fingerprint density at radius 3 is 2.93 bits per heavy atom. The second-order valence-electron chi connectivity index (χ2n) is 7.38. The third-order valence-corrected chi connectivity index (χ3v) is 6.30. The van der Waals surface area contributed by atoms with Crippen LogP contribution in [-0.2, 0) is 12.0 Å². The van der Waals surface area contributed by atoms with Gasteiger partial charge in [0.05, 0.1) is 16.9 Å². The molecule has 6 heteroatoms. The third kappa shape index (κ3) is 2.85. The van der Waals surface area contributed by atoms with E-state index in [1.54, 1.807) is 17.5 Å². The van der Waals surface area contributed by atoms with Gasteiger partial charge in [-0.15, -0.1) is 0 Å². The number of hydrogen-bond donors (Lipinski definition) is 0. The van der Waals surface area contributed by atoms with E-state index >= 15 is 0 Å². The fraction of sp³-hybridized carbons (Fsp3) is 0.286. The normalized spacial score (nSPS) is 21.7. The van der Waals surface area contributed by atoms with E-state index in [9.17, 15) is 4.79 Å². The molecule has 0 radical (unpaired) electrons. The van der Waals surface area contributed by atoms with Crippen molar-refractivity contribution in [2.24, 2.45) is 0 Å². The van der Waals surface area contributed by atoms with Crippen molar-refractivity contribution >= 4 is 22.9 Å². The van der Waals surface area contributed by atoms with Crippen LogP contribution in [0.3, 0.4) is 0 Å². The number of fused-ring (bicyclic) bond motifs is 2. The number of carbonyl (C=O) groups is 1. The van der Waals surface area contributed by atoms with Crippen molar-refractivity contribution in [2.75, 3.05) is 24.5 Å². The molecule has 0 aliphatic carbocycles. The molecule has 3 aromatic rings. The molecule has 1 atom stereocenters. The molecule has 1 spiro atoms. The molecule has 1 amide bonds. The number of thiophene rings is 1. The first-order chi connectivity index (χ1) is 13.3. The summed E-state index contributed by atoms with van der Waals surface area (Å²) in [6.45, 7) is 3.51. The van der Waals surface area contributed by atoms with E-state index in [-0.39, 0.29) is 11.3 Å². The highest BCUT2D eigenvalue weighted by Crippen LogP contribution is 2.45. The van der Waals surface area contributed by atoms with Gasteiger partial charge in [0, 0.05) is 49.0 Å². The minimum Gasteiger partial charge on any atom is -0.305 e. The Morgan fingerprint density at radius 2 is 2.11 bits per heavy atom. The predicted molar refractivity (Wildman–Crippen MR) is 106 cm³/mol. The fourth-order valence-corrected chi connectivity index (χ4v) is 5.00. The molecule has 0 bridgehead atoms. The lowest BCUT2D eigenvalue weighted by molar-refractivity contribution is 0.0985. The van der Waals surface area contributed by atoms with Crippen LogP contribution in [0.1, 0.15) is 28.0 Å². The van der Waals surface area contributed by atoms with Gasteiger partial charge in [-0.25, -0.2) is 0 Å². The van der Waals surface area contributed by atoms with Crippen molar-refractivity contribution in [3.8, 4) is 0 Å². The second-order valence-corrected chi connectivity index (χ2v) is 8.16. The molecule has 0 unspecified atom stereocenters. The van der Waals surface area contributed by atoms with Gasteiger partial charge in [-0.2, -0.15) is 11.3 Å². The standard InChI is InChI=1S/C21H20N4OS/c26-20(17-5-10-27-13-17)25-15-21(19-18(25)4-2-8-23-19)6-9-24(14-21)12-16-3-1-7-22-11-16/h1-5,7-8,10-11,13H,6,9,12,14-15H2/t21-/m0/s1. The van der Waals surface area contributed by atoms with E-state index in [1.165, 1.54) is 5.56 Å². The maximum atomic E-state index is 13.1. The zero-order valence-corrected chi connectivity index (χ0v) is 15.7. The quantitative estimate of drug-likeness (QED) is 0.703. The number of hydrogen-bond acceptors (Lipinski definition) is 5. The molecule has 0 aromatic carbocycles. The van der Waals surface area contributed by atoms with Crippen LogP contribution in [0.25, 0.3) is 0 Å². The van der Waals surface area contributed by atoms with Crippen molar-refractivity contribution in [3.63, 3.8) is 0 Å². The Balaban J connectivity index is 1.43. The summed E-state index contributed by atoms with van der Waals surface area (Å²) in [7, 11) is 0. The minimum absolute atomic E-state index is 0.0769. The molecule has 0 saturated carbocycles. The molecule has 1 fully saturated rings. The lowest BCUT2D eigenvalue weighted by Gasteiger charge is -2.25. The SMILES string of the molecule is O=C(c1ccsc1)N1C[C@@]2(CCN(Cc3cccnc3)C2)c2ncccc21. The number of amides is 1. The average Bonchev–Trinajstić information content (AvgIpc) is 3.44. The van der Waals surface area contributed by atoms with Crippen LogP contribution in [0.4, 0.5) is 5.69 Å². The molecule has 27 heavy (non-hydrogen) atoms. The Morgan fingerprint density at radius 1 is 1.19 bits per heavy atom. The van der Waals surface area contributed by atoms with Gasteiger partial charge in [0.2, 0.25) is 0 Å². The van der Waals surface area contributed by atoms with Crippen molar-refractivity contribution < 1.29 is 4.79 Å². The lowest BCUT2D eigenvalue weighted by atomic mass is 9.85. The van der Waals surface area contributed by atoms with Gasteiger partial charge in [-0.3, -0.25) is 19.7 Å². The largest absolute Gasteiger partial charge is 0.305 e. The maximum absolute atomic E-state index is 13.1. The molecular weight excluding hydrogens is 356 g/mol. The van der Waals surface area contributed by atoms with E-state index in [4.69, 9.17) is 4.98 Å². The summed E-state index contributed by atoms with van der Waals surface area (Å²) >= 11 is 1.56.